The van der Waals surface area contributed by atoms with Gasteiger partial charge in [-0.1, -0.05) is 57.2 Å². The van der Waals surface area contributed by atoms with E-state index >= 15 is 4.79 Å². The van der Waals surface area contributed by atoms with Gasteiger partial charge in [0.05, 0.1) is 66.6 Å². The first kappa shape index (κ1) is 63.1. The number of nitrogens with one attached hydrogen (secondary N) is 2. The maximum absolute atomic E-state index is 15.4. The molecular formula is C66H77N7O13S. The monoisotopic (exact) mass is 1210 g/mol. The predicted octanol–water partition coefficient (Wildman–Crippen LogP) is 9.83. The fourth-order valence-corrected chi connectivity index (χ4v) is 12.2. The van der Waals surface area contributed by atoms with E-state index in [1.165, 1.54) is 26.0 Å². The topological polar surface area (TPSA) is 224 Å². The highest BCUT2D eigenvalue weighted by Gasteiger charge is 2.43. The Kier molecular flexibility index (Phi) is 19.0. The molecule has 0 aliphatic carbocycles. The summed E-state index contributed by atoms with van der Waals surface area (Å²) < 4.78 is 31.3. The second-order valence-electron chi connectivity index (χ2n) is 24.3. The number of aliphatic imine (C=N–C) groups is 1. The summed E-state index contributed by atoms with van der Waals surface area (Å²) in [6.07, 6.45) is 3.31. The molecule has 2 unspecified atom stereocenters. The second kappa shape index (κ2) is 26.3. The summed E-state index contributed by atoms with van der Waals surface area (Å²) in [6, 6.07) is 27.8. The van der Waals surface area contributed by atoms with Gasteiger partial charge in [-0.15, -0.1) is 16.8 Å². The van der Waals surface area contributed by atoms with Crippen LogP contribution in [-0.4, -0.2) is 122 Å². The molecule has 5 aromatic carbocycles. The minimum Gasteiger partial charge on any atom is -0.493 e. The first-order chi connectivity index (χ1) is 41.4. The van der Waals surface area contributed by atoms with Gasteiger partial charge in [-0.2, -0.15) is 0 Å². The van der Waals surface area contributed by atoms with Crippen molar-refractivity contribution in [2.45, 2.75) is 118 Å². The van der Waals surface area contributed by atoms with Gasteiger partial charge in [0.1, 0.15) is 13.2 Å². The Morgan fingerprint density at radius 2 is 1.40 bits per heavy atom. The summed E-state index contributed by atoms with van der Waals surface area (Å²) in [5.74, 6) is -2.03. The van der Waals surface area contributed by atoms with E-state index < -0.39 is 40.3 Å². The fourth-order valence-electron chi connectivity index (χ4n) is 11.6. The number of hydroxylamine groups is 2. The predicted molar refractivity (Wildman–Crippen MR) is 334 cm³/mol. The quantitative estimate of drug-likeness (QED) is 0.0433. The van der Waals surface area contributed by atoms with E-state index in [-0.39, 0.29) is 81.1 Å². The molecular weight excluding hydrogens is 1130 g/mol. The van der Waals surface area contributed by atoms with Crippen molar-refractivity contribution in [2.24, 2.45) is 16.3 Å². The van der Waals surface area contributed by atoms with Gasteiger partial charge in [-0.25, -0.2) is 4.79 Å². The van der Waals surface area contributed by atoms with Crippen LogP contribution in [0, 0.1) is 11.3 Å². The highest BCUT2D eigenvalue weighted by Crippen LogP contribution is 2.43. The molecule has 2 N–H and O–H groups in total. The van der Waals surface area contributed by atoms with Crippen LogP contribution in [0.15, 0.2) is 96.0 Å². The molecule has 0 radical (unpaired) electrons. The average Bonchev–Trinajstić information content (AvgIpc) is 2.05. The lowest BCUT2D eigenvalue weighted by atomic mass is 9.77. The Morgan fingerprint density at radius 3 is 2.06 bits per heavy atom. The van der Waals surface area contributed by atoms with Crippen molar-refractivity contribution in [1.29, 1.82) is 0 Å². The van der Waals surface area contributed by atoms with Crippen LogP contribution in [0.4, 0.5) is 28.4 Å². The van der Waals surface area contributed by atoms with E-state index in [4.69, 9.17) is 33.5 Å². The summed E-state index contributed by atoms with van der Waals surface area (Å²) in [5.41, 5.74) is 4.59. The van der Waals surface area contributed by atoms with E-state index in [1.807, 2.05) is 108 Å². The lowest BCUT2D eigenvalue weighted by molar-refractivity contribution is -0.195. The van der Waals surface area contributed by atoms with Gasteiger partial charge in [0.15, 0.2) is 23.0 Å². The molecule has 1 saturated heterocycles. The zero-order chi connectivity index (χ0) is 62.5. The molecule has 1 fully saturated rings. The molecule has 4 aliphatic rings. The van der Waals surface area contributed by atoms with Crippen LogP contribution in [0.3, 0.4) is 0 Å². The van der Waals surface area contributed by atoms with Crippen LogP contribution in [0.2, 0.25) is 0 Å². The molecule has 0 aromatic heterocycles. The van der Waals surface area contributed by atoms with Crippen molar-refractivity contribution in [1.82, 2.24) is 10.4 Å². The molecule has 20 nitrogen and oxygen atoms in total. The van der Waals surface area contributed by atoms with Crippen molar-refractivity contribution in [3.63, 3.8) is 0 Å². The standard InChI is InChI=1S/C66H77N7O13S/c1-40(35-85-64(2,3)4)60(77)72(66(7,8)39-65(5,6)63(80)68-23-25-87-38-59(76)86-73-57(74)20-21-58(73)75)45-27-41(36-83-55-32-49(67-9)47(30-53(55)81-10)61(78)70-24-22-43-16-12-14-18-51(43)70)26-42(28-45)37-84-56-33-50-48(31-54(56)82-11)62(79)71-46(34-69-50)29-44-17-13-15-19-52(44)71/h12-19,26-28,30-34,40,46,67H,20-25,29,35-39H2,1-11H3,(H,68,80). The summed E-state index contributed by atoms with van der Waals surface area (Å²) in [5, 5.41) is 6.68. The molecule has 21 heteroatoms. The molecule has 5 aromatic rings. The van der Waals surface area contributed by atoms with Crippen molar-refractivity contribution < 1.29 is 62.1 Å². The molecule has 0 saturated carbocycles. The fraction of sp³-hybridized carbons (Fsp3) is 0.424. The number of benzene rings is 5. The van der Waals surface area contributed by atoms with E-state index in [9.17, 15) is 28.8 Å². The zero-order valence-electron chi connectivity index (χ0n) is 51.3. The number of imide groups is 1. The minimum atomic E-state index is -1.07. The van der Waals surface area contributed by atoms with Crippen LogP contribution < -0.4 is 44.3 Å². The van der Waals surface area contributed by atoms with Crippen molar-refractivity contribution >= 4 is 87.8 Å². The smallest absolute Gasteiger partial charge is 0.342 e. The SMILES string of the molecule is CNc1cc(OCc2cc(COc3cc4c(cc3OC)C(=O)N3c5ccccc5CC3C=N4)cc(N(C(=O)C(C)COC(C)(C)C)C(C)(C)CC(C)(C)C(=O)NCCSCC(=O)ON3C(=O)CCC3=O)c2)c(OC)cc1C(=O)N1CCc2ccccc21. The van der Waals surface area contributed by atoms with Gasteiger partial charge in [0.2, 0.25) is 11.8 Å². The van der Waals surface area contributed by atoms with E-state index in [0.717, 1.165) is 28.9 Å². The van der Waals surface area contributed by atoms with Gasteiger partial charge in [0.25, 0.3) is 23.6 Å². The number of rotatable bonds is 24. The first-order valence-corrected chi connectivity index (χ1v) is 30.3. The number of ether oxygens (including phenoxy) is 5. The third-order valence-corrected chi connectivity index (χ3v) is 16.5. The molecule has 9 rings (SSSR count). The Labute approximate surface area is 512 Å². The third kappa shape index (κ3) is 14.2. The maximum atomic E-state index is 15.4. The van der Waals surface area contributed by atoms with Gasteiger partial charge >= 0.3 is 5.97 Å². The molecule has 2 atom stereocenters. The van der Waals surface area contributed by atoms with E-state index in [1.54, 1.807) is 66.1 Å². The number of hydrogen-bond acceptors (Lipinski definition) is 16. The van der Waals surface area contributed by atoms with Crippen LogP contribution in [-0.2, 0) is 59.6 Å². The van der Waals surface area contributed by atoms with Crippen molar-refractivity contribution in [2.75, 3.05) is 72.5 Å². The van der Waals surface area contributed by atoms with E-state index in [0.29, 0.717) is 86.1 Å². The Morgan fingerprint density at radius 1 is 0.770 bits per heavy atom. The molecule has 4 heterocycles. The summed E-state index contributed by atoms with van der Waals surface area (Å²) in [7, 11) is 4.76. The average molecular weight is 1210 g/mol. The third-order valence-electron chi connectivity index (χ3n) is 15.6. The van der Waals surface area contributed by atoms with Crippen LogP contribution in [0.1, 0.15) is 118 Å². The highest BCUT2D eigenvalue weighted by atomic mass is 32.2. The number of para-hydroxylation sites is 2. The number of thioether (sulfide) groups is 1. The molecule has 0 bridgehead atoms. The molecule has 6 amide bonds. The zero-order valence-corrected chi connectivity index (χ0v) is 52.1. The van der Waals surface area contributed by atoms with Gasteiger partial charge in [-0.3, -0.25) is 38.7 Å². The summed E-state index contributed by atoms with van der Waals surface area (Å²) in [6.45, 7) is 15.7. The number of methoxy groups -OCH3 is 2. The Hall–Kier alpha value is -8.43. The lowest BCUT2D eigenvalue weighted by Crippen LogP contribution is -2.54. The van der Waals surface area contributed by atoms with Crippen LogP contribution in [0.5, 0.6) is 23.0 Å². The molecule has 460 valence electrons. The normalized spacial score (nSPS) is 15.7. The molecule has 0 spiro atoms. The number of hydrogen-bond donors (Lipinski definition) is 2. The number of carbonyl (C=O) groups excluding carboxylic acids is 7. The number of carbonyl (C=O) groups is 7. The van der Waals surface area contributed by atoms with Crippen molar-refractivity contribution in [3.8, 4) is 23.0 Å². The molecule has 87 heavy (non-hydrogen) atoms. The number of fused-ring (bicyclic) bond motifs is 5. The number of amides is 6. The first-order valence-electron chi connectivity index (χ1n) is 29.2. The summed E-state index contributed by atoms with van der Waals surface area (Å²) >= 11 is 1.18. The lowest BCUT2D eigenvalue weighted by Gasteiger charge is -2.44. The van der Waals surface area contributed by atoms with Gasteiger partial charge in [-0.05, 0) is 112 Å². The summed E-state index contributed by atoms with van der Waals surface area (Å²) in [4.78, 5) is 110. The molecule has 4 aliphatic heterocycles. The van der Waals surface area contributed by atoms with Gasteiger partial charge < -0.3 is 49.0 Å². The highest BCUT2D eigenvalue weighted by molar-refractivity contribution is 7.99. The largest absolute Gasteiger partial charge is 0.493 e. The maximum Gasteiger partial charge on any atom is 0.342 e. The number of nitrogens with zero attached hydrogens (tertiary/aromatic N) is 5. The second-order valence-corrected chi connectivity index (χ2v) is 25.4. The van der Waals surface area contributed by atoms with Crippen LogP contribution in [0.25, 0.3) is 0 Å². The Balaban J connectivity index is 1.02. The number of anilines is 4. The van der Waals surface area contributed by atoms with Crippen molar-refractivity contribution in [3.05, 3.63) is 124 Å². The minimum absolute atomic E-state index is 0.0120. The van der Waals surface area contributed by atoms with E-state index in [2.05, 4.69) is 10.6 Å². The van der Waals surface area contributed by atoms with Crippen LogP contribution >= 0.6 is 11.8 Å². The van der Waals surface area contributed by atoms with Gasteiger partial charge in [0, 0.05) is 91.5 Å². The Bertz CT molecular complexity index is 3510.